The highest BCUT2D eigenvalue weighted by atomic mass is 16.3. The lowest BCUT2D eigenvalue weighted by atomic mass is 10.1. The molecule has 2 heterocycles. The van der Waals surface area contributed by atoms with Crippen molar-refractivity contribution in [2.45, 2.75) is 32.2 Å². The molecule has 0 aliphatic carbocycles. The molecule has 0 aromatic carbocycles. The molecule has 2 N–H and O–H groups in total. The van der Waals surface area contributed by atoms with Crippen molar-refractivity contribution >= 4 is 5.91 Å². The van der Waals surface area contributed by atoms with Crippen LogP contribution in [-0.4, -0.2) is 30.0 Å². The summed E-state index contributed by atoms with van der Waals surface area (Å²) in [7, 11) is 0. The van der Waals surface area contributed by atoms with Crippen molar-refractivity contribution in [1.29, 1.82) is 0 Å². The van der Waals surface area contributed by atoms with Gasteiger partial charge in [0, 0.05) is 12.6 Å². The molecule has 1 amide bonds. The Kier molecular flexibility index (Phi) is 3.56. The zero-order chi connectivity index (χ0) is 11.4. The second-order valence-corrected chi connectivity index (χ2v) is 4.10. The number of rotatable bonds is 4. The van der Waals surface area contributed by atoms with Crippen LogP contribution in [0.25, 0.3) is 0 Å². The first kappa shape index (κ1) is 11.1. The Morgan fingerprint density at radius 3 is 3.25 bits per heavy atom. The molecule has 0 radical (unpaired) electrons. The van der Waals surface area contributed by atoms with Crippen LogP contribution in [-0.2, 0) is 0 Å². The van der Waals surface area contributed by atoms with Crippen molar-refractivity contribution in [3.8, 4) is 0 Å². The number of amides is 1. The number of hydrogen-bond donors (Lipinski definition) is 2. The molecule has 0 spiro atoms. The van der Waals surface area contributed by atoms with Gasteiger partial charge in [-0.1, -0.05) is 0 Å². The molecule has 1 aliphatic rings. The van der Waals surface area contributed by atoms with Gasteiger partial charge >= 0.3 is 0 Å². The fraction of sp³-hybridized carbons (Fsp3) is 0.636. The Morgan fingerprint density at radius 1 is 1.75 bits per heavy atom. The van der Waals surface area contributed by atoms with Gasteiger partial charge in [-0.15, -0.1) is 0 Å². The van der Waals surface area contributed by atoms with Crippen molar-refractivity contribution < 1.29 is 9.21 Å². The summed E-state index contributed by atoms with van der Waals surface area (Å²) in [6.07, 6.45) is 4.71. The van der Waals surface area contributed by atoms with E-state index in [9.17, 15) is 4.79 Å². The summed E-state index contributed by atoms with van der Waals surface area (Å²) in [5.41, 5.74) is 0.636. The second-order valence-electron chi connectivity index (χ2n) is 4.10. The highest BCUT2D eigenvalue weighted by Crippen LogP contribution is 2.08. The monoisotopic (exact) mass is 223 g/mol. The molecule has 1 atom stereocenters. The lowest BCUT2D eigenvalue weighted by Gasteiger charge is -2.09. The Balaban J connectivity index is 1.73. The zero-order valence-corrected chi connectivity index (χ0v) is 9.45. The highest BCUT2D eigenvalue weighted by Gasteiger charge is 2.16. The first-order valence-corrected chi connectivity index (χ1v) is 5.69. The fourth-order valence-electron chi connectivity index (χ4n) is 1.96. The molecule has 1 saturated heterocycles. The van der Waals surface area contributed by atoms with Gasteiger partial charge in [-0.3, -0.25) is 4.79 Å². The van der Waals surface area contributed by atoms with Gasteiger partial charge in [0.2, 0.25) is 5.76 Å². The summed E-state index contributed by atoms with van der Waals surface area (Å²) >= 11 is 0. The number of carbonyl (C=O) groups is 1. The Labute approximate surface area is 94.6 Å². The first-order chi connectivity index (χ1) is 7.77. The van der Waals surface area contributed by atoms with Crippen molar-refractivity contribution in [2.75, 3.05) is 13.1 Å². The van der Waals surface area contributed by atoms with E-state index in [0.717, 1.165) is 13.0 Å². The number of hydrogen-bond acceptors (Lipinski definition) is 4. The Hall–Kier alpha value is -1.36. The maximum absolute atomic E-state index is 11.6. The Morgan fingerprint density at radius 2 is 2.62 bits per heavy atom. The summed E-state index contributed by atoms with van der Waals surface area (Å²) in [6.45, 7) is 3.54. The summed E-state index contributed by atoms with van der Waals surface area (Å²) in [5, 5.41) is 6.23. The average Bonchev–Trinajstić information content (AvgIpc) is 2.88. The molecule has 1 fully saturated rings. The summed E-state index contributed by atoms with van der Waals surface area (Å²) in [4.78, 5) is 15.5. The van der Waals surface area contributed by atoms with Gasteiger partial charge in [0.05, 0.1) is 5.69 Å². The van der Waals surface area contributed by atoms with E-state index in [1.54, 1.807) is 6.92 Å². The van der Waals surface area contributed by atoms with Crippen LogP contribution in [0.5, 0.6) is 0 Å². The molecular weight excluding hydrogens is 206 g/mol. The van der Waals surface area contributed by atoms with E-state index in [0.29, 0.717) is 24.0 Å². The van der Waals surface area contributed by atoms with E-state index in [1.165, 1.54) is 19.2 Å². The van der Waals surface area contributed by atoms with Gasteiger partial charge in [0.15, 0.2) is 6.39 Å². The number of nitrogens with one attached hydrogen (secondary N) is 2. The minimum Gasteiger partial charge on any atom is -0.438 e. The van der Waals surface area contributed by atoms with E-state index < -0.39 is 0 Å². The third kappa shape index (κ3) is 2.61. The SMILES string of the molecule is Cc1ncoc1C(=O)NCC[C@@H]1CCCN1. The summed E-state index contributed by atoms with van der Waals surface area (Å²) < 4.78 is 5.01. The van der Waals surface area contributed by atoms with E-state index in [-0.39, 0.29) is 5.91 Å². The standard InChI is InChI=1S/C11H17N3O2/c1-8-10(16-7-14-8)11(15)13-6-4-9-3-2-5-12-9/h7,9,12H,2-6H2,1H3,(H,13,15)/t9-/m0/s1. The van der Waals surface area contributed by atoms with Crippen LogP contribution in [0, 0.1) is 6.92 Å². The van der Waals surface area contributed by atoms with Crippen LogP contribution in [0.3, 0.4) is 0 Å². The normalized spacial score (nSPS) is 19.9. The molecule has 1 aliphatic heterocycles. The smallest absolute Gasteiger partial charge is 0.288 e. The molecular formula is C11H17N3O2. The average molecular weight is 223 g/mol. The third-order valence-electron chi connectivity index (χ3n) is 2.89. The second kappa shape index (κ2) is 5.12. The largest absolute Gasteiger partial charge is 0.438 e. The minimum atomic E-state index is -0.173. The van der Waals surface area contributed by atoms with Crippen LogP contribution < -0.4 is 10.6 Å². The molecule has 0 unspecified atom stereocenters. The molecule has 5 nitrogen and oxygen atoms in total. The molecule has 5 heteroatoms. The molecule has 1 aromatic heterocycles. The zero-order valence-electron chi connectivity index (χ0n) is 9.45. The van der Waals surface area contributed by atoms with E-state index in [1.807, 2.05) is 0 Å². The van der Waals surface area contributed by atoms with E-state index in [2.05, 4.69) is 15.6 Å². The molecule has 1 aromatic rings. The van der Waals surface area contributed by atoms with Gasteiger partial charge in [0.25, 0.3) is 5.91 Å². The summed E-state index contributed by atoms with van der Waals surface area (Å²) in [5.74, 6) is 0.146. The van der Waals surface area contributed by atoms with Crippen molar-refractivity contribution in [2.24, 2.45) is 0 Å². The lowest BCUT2D eigenvalue weighted by molar-refractivity contribution is 0.0924. The number of aryl methyl sites for hydroxylation is 1. The molecule has 88 valence electrons. The number of carbonyl (C=O) groups excluding carboxylic acids is 1. The number of nitrogens with zero attached hydrogens (tertiary/aromatic N) is 1. The lowest BCUT2D eigenvalue weighted by Crippen LogP contribution is -2.30. The Bertz CT molecular complexity index is 356. The molecule has 0 saturated carbocycles. The van der Waals surface area contributed by atoms with Gasteiger partial charge in [-0.2, -0.15) is 0 Å². The summed E-state index contributed by atoms with van der Waals surface area (Å²) in [6, 6.07) is 0.552. The molecule has 16 heavy (non-hydrogen) atoms. The van der Waals surface area contributed by atoms with Crippen LogP contribution in [0.1, 0.15) is 35.5 Å². The van der Waals surface area contributed by atoms with Gasteiger partial charge in [-0.25, -0.2) is 4.98 Å². The van der Waals surface area contributed by atoms with Crippen LogP contribution in [0.15, 0.2) is 10.8 Å². The molecule has 2 rings (SSSR count). The van der Waals surface area contributed by atoms with Crippen LogP contribution in [0.4, 0.5) is 0 Å². The van der Waals surface area contributed by atoms with Gasteiger partial charge in [0.1, 0.15) is 0 Å². The van der Waals surface area contributed by atoms with Gasteiger partial charge < -0.3 is 15.1 Å². The quantitative estimate of drug-likeness (QED) is 0.794. The van der Waals surface area contributed by atoms with Crippen molar-refractivity contribution in [3.63, 3.8) is 0 Å². The number of oxazole rings is 1. The predicted octanol–water partition coefficient (Wildman–Crippen LogP) is 0.855. The predicted molar refractivity (Wildman–Crippen MR) is 59.2 cm³/mol. The highest BCUT2D eigenvalue weighted by molar-refractivity contribution is 5.92. The van der Waals surface area contributed by atoms with E-state index in [4.69, 9.17) is 4.42 Å². The minimum absolute atomic E-state index is 0.173. The molecule has 0 bridgehead atoms. The topological polar surface area (TPSA) is 67.2 Å². The van der Waals surface area contributed by atoms with E-state index >= 15 is 0 Å². The maximum Gasteiger partial charge on any atom is 0.288 e. The number of aromatic nitrogens is 1. The van der Waals surface area contributed by atoms with Crippen molar-refractivity contribution in [3.05, 3.63) is 17.8 Å². The maximum atomic E-state index is 11.6. The van der Waals surface area contributed by atoms with Gasteiger partial charge in [-0.05, 0) is 32.7 Å². The fourth-order valence-corrected chi connectivity index (χ4v) is 1.96. The van der Waals surface area contributed by atoms with Crippen molar-refractivity contribution in [1.82, 2.24) is 15.6 Å². The first-order valence-electron chi connectivity index (χ1n) is 5.69. The van der Waals surface area contributed by atoms with Crippen LogP contribution >= 0.6 is 0 Å². The van der Waals surface area contributed by atoms with Crippen LogP contribution in [0.2, 0.25) is 0 Å². The third-order valence-corrected chi connectivity index (χ3v) is 2.89.